The molecule has 3 saturated heterocycles. The van der Waals surface area contributed by atoms with Crippen LogP contribution in [0, 0.1) is 24.1 Å². The van der Waals surface area contributed by atoms with E-state index in [1.165, 1.54) is 12.3 Å². The highest BCUT2D eigenvalue weighted by atomic mass is 19.1. The first-order valence-electron chi connectivity index (χ1n) is 12.9. The van der Waals surface area contributed by atoms with Crippen LogP contribution in [0.3, 0.4) is 0 Å². The van der Waals surface area contributed by atoms with E-state index in [0.29, 0.717) is 38.6 Å². The minimum atomic E-state index is -0.544. The Labute approximate surface area is 217 Å². The standard InChI is InChI=1S/C26H34BFN6O3/c1-18-22(28)21(6-11-30-18)23(35)32-12-7-20(8-13-32)33-16-26(17-33,9-10-29)34-15-19(14-31-34)27-36-24(2,3)25(4,5)37-27/h6,11,14-15,20H,7-9,12-13,16-17H2,1-5H3. The zero-order valence-electron chi connectivity index (χ0n) is 22.2. The summed E-state index contributed by atoms with van der Waals surface area (Å²) in [6.07, 6.45) is 7.15. The number of nitrogens with zero attached hydrogens (tertiary/aromatic N) is 6. The molecule has 11 heteroatoms. The number of carbonyl (C=O) groups excluding carboxylic acids is 1. The van der Waals surface area contributed by atoms with Crippen LogP contribution in [0.1, 0.15) is 63.0 Å². The predicted molar refractivity (Wildman–Crippen MR) is 136 cm³/mol. The highest BCUT2D eigenvalue weighted by Crippen LogP contribution is 2.38. The van der Waals surface area contributed by atoms with E-state index in [1.807, 2.05) is 38.6 Å². The Morgan fingerprint density at radius 2 is 1.86 bits per heavy atom. The summed E-state index contributed by atoms with van der Waals surface area (Å²) in [5, 5.41) is 14.2. The van der Waals surface area contributed by atoms with E-state index >= 15 is 0 Å². The number of rotatable bonds is 5. The molecule has 1 amide bonds. The van der Waals surface area contributed by atoms with E-state index in [0.717, 1.165) is 18.3 Å². The summed E-state index contributed by atoms with van der Waals surface area (Å²) < 4.78 is 28.6. The first-order valence-corrected chi connectivity index (χ1v) is 12.9. The van der Waals surface area contributed by atoms with Gasteiger partial charge in [0, 0.05) is 56.3 Å². The Hall–Kier alpha value is -2.81. The number of likely N-dealkylation sites (tertiary alicyclic amines) is 2. The van der Waals surface area contributed by atoms with Gasteiger partial charge in [-0.15, -0.1) is 0 Å². The molecule has 196 valence electrons. The molecule has 0 atom stereocenters. The van der Waals surface area contributed by atoms with Crippen LogP contribution in [0.5, 0.6) is 0 Å². The van der Waals surface area contributed by atoms with E-state index in [-0.39, 0.29) is 17.2 Å². The van der Waals surface area contributed by atoms with Crippen LogP contribution in [0.4, 0.5) is 4.39 Å². The van der Waals surface area contributed by atoms with Crippen LogP contribution < -0.4 is 5.46 Å². The number of carbonyl (C=O) groups is 1. The molecule has 0 N–H and O–H groups in total. The number of aryl methyl sites for hydroxylation is 1. The van der Waals surface area contributed by atoms with Gasteiger partial charge >= 0.3 is 7.12 Å². The molecule has 3 fully saturated rings. The lowest BCUT2D eigenvalue weighted by Gasteiger charge is -2.53. The lowest BCUT2D eigenvalue weighted by atomic mass is 9.81. The Morgan fingerprint density at radius 3 is 2.49 bits per heavy atom. The molecule has 3 aliphatic heterocycles. The van der Waals surface area contributed by atoms with Gasteiger partial charge in [0.25, 0.3) is 5.91 Å². The summed E-state index contributed by atoms with van der Waals surface area (Å²) >= 11 is 0. The predicted octanol–water partition coefficient (Wildman–Crippen LogP) is 2.25. The van der Waals surface area contributed by atoms with Gasteiger partial charge in [0.1, 0.15) is 5.54 Å². The quantitative estimate of drug-likeness (QED) is 0.572. The molecule has 0 aromatic carbocycles. The van der Waals surface area contributed by atoms with Crippen LogP contribution in [0.15, 0.2) is 24.7 Å². The van der Waals surface area contributed by atoms with E-state index in [2.05, 4.69) is 21.1 Å². The van der Waals surface area contributed by atoms with Crippen molar-refractivity contribution in [1.29, 1.82) is 5.26 Å². The van der Waals surface area contributed by atoms with Crippen molar-refractivity contribution in [3.8, 4) is 6.07 Å². The van der Waals surface area contributed by atoms with Crippen molar-refractivity contribution in [2.45, 2.75) is 76.7 Å². The van der Waals surface area contributed by atoms with Gasteiger partial charge in [-0.1, -0.05) is 0 Å². The number of halogens is 1. The lowest BCUT2D eigenvalue weighted by Crippen LogP contribution is -2.66. The molecule has 0 bridgehead atoms. The van der Waals surface area contributed by atoms with Gasteiger partial charge in [0.05, 0.1) is 34.9 Å². The fourth-order valence-corrected chi connectivity index (χ4v) is 5.47. The van der Waals surface area contributed by atoms with Crippen LogP contribution in [-0.2, 0) is 14.8 Å². The van der Waals surface area contributed by atoms with Gasteiger partial charge in [-0.25, -0.2) is 4.39 Å². The lowest BCUT2D eigenvalue weighted by molar-refractivity contribution is -0.0412. The number of hydrogen-bond acceptors (Lipinski definition) is 7. The smallest absolute Gasteiger partial charge is 0.399 e. The zero-order valence-corrected chi connectivity index (χ0v) is 22.2. The van der Waals surface area contributed by atoms with Crippen LogP contribution in [0.2, 0.25) is 0 Å². The molecule has 0 spiro atoms. The summed E-state index contributed by atoms with van der Waals surface area (Å²) in [6.45, 7) is 12.2. The van der Waals surface area contributed by atoms with Crippen molar-refractivity contribution in [1.82, 2.24) is 24.6 Å². The molecular formula is C26H34BFN6O3. The maximum absolute atomic E-state index is 14.4. The van der Waals surface area contributed by atoms with E-state index < -0.39 is 29.7 Å². The normalized spacial score (nSPS) is 23.1. The second-order valence-corrected chi connectivity index (χ2v) is 11.6. The zero-order chi connectivity index (χ0) is 26.6. The van der Waals surface area contributed by atoms with Gasteiger partial charge in [-0.3, -0.25) is 19.4 Å². The minimum Gasteiger partial charge on any atom is -0.399 e. The SMILES string of the molecule is Cc1nccc(C(=O)N2CCC(N3CC(CC#N)(n4cc(B5OC(C)(C)C(C)(C)O5)cn4)C3)CC2)c1F. The molecule has 2 aromatic rings. The van der Waals surface area contributed by atoms with Gasteiger partial charge in [0.15, 0.2) is 5.82 Å². The number of hydrogen-bond donors (Lipinski definition) is 0. The fraction of sp³-hybridized carbons (Fsp3) is 0.615. The second kappa shape index (κ2) is 9.19. The van der Waals surface area contributed by atoms with Crippen molar-refractivity contribution >= 4 is 18.5 Å². The minimum absolute atomic E-state index is 0.0828. The van der Waals surface area contributed by atoms with Gasteiger partial charge < -0.3 is 14.2 Å². The van der Waals surface area contributed by atoms with E-state index in [9.17, 15) is 14.4 Å². The van der Waals surface area contributed by atoms with Crippen molar-refractivity contribution in [3.05, 3.63) is 41.7 Å². The summed E-state index contributed by atoms with van der Waals surface area (Å²) in [4.78, 5) is 20.9. The molecule has 37 heavy (non-hydrogen) atoms. The molecule has 0 unspecified atom stereocenters. The molecule has 2 aromatic heterocycles. The summed E-state index contributed by atoms with van der Waals surface area (Å²) in [7, 11) is -0.495. The van der Waals surface area contributed by atoms with E-state index in [1.54, 1.807) is 18.0 Å². The first kappa shape index (κ1) is 25.8. The average molecular weight is 508 g/mol. The maximum Gasteiger partial charge on any atom is 0.498 e. The van der Waals surface area contributed by atoms with Crippen LogP contribution in [-0.4, -0.2) is 81.0 Å². The van der Waals surface area contributed by atoms with Crippen molar-refractivity contribution in [2.24, 2.45) is 0 Å². The molecular weight excluding hydrogens is 474 g/mol. The molecule has 5 heterocycles. The third-order valence-corrected chi connectivity index (χ3v) is 8.58. The molecule has 0 saturated carbocycles. The van der Waals surface area contributed by atoms with Gasteiger partial charge in [-0.05, 0) is 53.5 Å². The molecule has 5 rings (SSSR count). The summed E-state index contributed by atoms with van der Waals surface area (Å²) in [5.74, 6) is -0.826. The number of amides is 1. The Bertz CT molecular complexity index is 1210. The summed E-state index contributed by atoms with van der Waals surface area (Å²) in [6, 6.07) is 4.10. The van der Waals surface area contributed by atoms with Crippen molar-refractivity contribution in [2.75, 3.05) is 26.2 Å². The number of piperidine rings is 1. The Balaban J connectivity index is 1.21. The van der Waals surface area contributed by atoms with Crippen molar-refractivity contribution < 1.29 is 18.5 Å². The average Bonchev–Trinajstić information content (AvgIpc) is 3.40. The third-order valence-electron chi connectivity index (χ3n) is 8.58. The Morgan fingerprint density at radius 1 is 1.22 bits per heavy atom. The van der Waals surface area contributed by atoms with Crippen LogP contribution in [0.25, 0.3) is 0 Å². The second-order valence-electron chi connectivity index (χ2n) is 11.6. The molecule has 9 nitrogen and oxygen atoms in total. The Kier molecular flexibility index (Phi) is 6.41. The largest absolute Gasteiger partial charge is 0.498 e. The highest BCUT2D eigenvalue weighted by Gasteiger charge is 2.53. The van der Waals surface area contributed by atoms with E-state index in [4.69, 9.17) is 9.31 Å². The van der Waals surface area contributed by atoms with Gasteiger partial charge in [0.2, 0.25) is 0 Å². The molecule has 3 aliphatic rings. The maximum atomic E-state index is 14.4. The molecule has 0 aliphatic carbocycles. The topological polar surface area (TPSA) is 96.5 Å². The highest BCUT2D eigenvalue weighted by molar-refractivity contribution is 6.62. The van der Waals surface area contributed by atoms with Crippen LogP contribution >= 0.6 is 0 Å². The number of nitriles is 1. The monoisotopic (exact) mass is 508 g/mol. The van der Waals surface area contributed by atoms with Crippen molar-refractivity contribution in [3.63, 3.8) is 0 Å². The first-order chi connectivity index (χ1) is 17.5. The number of pyridine rings is 1. The number of aromatic nitrogens is 3. The third kappa shape index (κ3) is 4.45. The van der Waals surface area contributed by atoms with Gasteiger partial charge in [-0.2, -0.15) is 10.4 Å². The molecule has 0 radical (unpaired) electrons. The fourth-order valence-electron chi connectivity index (χ4n) is 5.47. The summed E-state index contributed by atoms with van der Waals surface area (Å²) in [5.41, 5.74) is -0.110.